The summed E-state index contributed by atoms with van der Waals surface area (Å²) in [4.78, 5) is 22.6. The smallest absolute Gasteiger partial charge is 0.309 e. The van der Waals surface area contributed by atoms with Crippen molar-refractivity contribution < 1.29 is 22.7 Å². The molecule has 1 atom stereocenters. The summed E-state index contributed by atoms with van der Waals surface area (Å²) in [7, 11) is -2.33. The number of sulfonamides is 1. The quantitative estimate of drug-likeness (QED) is 0.704. The Morgan fingerprint density at radius 1 is 1.45 bits per heavy atom. The molecule has 1 aliphatic rings. The Labute approximate surface area is 132 Å². The molecule has 1 fully saturated rings. The van der Waals surface area contributed by atoms with E-state index in [1.807, 2.05) is 0 Å². The maximum Gasteiger partial charge on any atom is 0.309 e. The molecule has 0 radical (unpaired) electrons. The van der Waals surface area contributed by atoms with Gasteiger partial charge >= 0.3 is 11.8 Å². The van der Waals surface area contributed by atoms with E-state index < -0.39 is 28.1 Å². The molecule has 8 nitrogen and oxygen atoms in total. The molecule has 0 spiro atoms. The van der Waals surface area contributed by atoms with Crippen LogP contribution in [0.15, 0.2) is 21.7 Å². The van der Waals surface area contributed by atoms with Crippen molar-refractivity contribution in [2.45, 2.75) is 16.9 Å². The second kappa shape index (κ2) is 7.18. The van der Waals surface area contributed by atoms with Gasteiger partial charge in [0, 0.05) is 13.6 Å². The standard InChI is InChI=1S/C12H17N3O5S2/c1-13-11(16)12(17)14-8-9-15(5-3-6-20-9)22(18,19)10-4-2-7-21-10/h2,4,7,9H,3,5-6,8H2,1H3,(H,13,16)(H,14,17)/t9-/m0/s1. The maximum atomic E-state index is 12.6. The van der Waals surface area contributed by atoms with Gasteiger partial charge in [-0.25, -0.2) is 8.42 Å². The summed E-state index contributed by atoms with van der Waals surface area (Å²) in [6.45, 7) is 0.620. The molecule has 2 N–H and O–H groups in total. The van der Waals surface area contributed by atoms with Gasteiger partial charge in [0.1, 0.15) is 10.4 Å². The number of nitrogens with zero attached hydrogens (tertiary/aromatic N) is 1. The number of hydrogen-bond acceptors (Lipinski definition) is 6. The van der Waals surface area contributed by atoms with Crippen LogP contribution in [0.3, 0.4) is 0 Å². The minimum Gasteiger partial charge on any atom is -0.360 e. The van der Waals surface area contributed by atoms with Crippen molar-refractivity contribution in [3.05, 3.63) is 17.5 Å². The fourth-order valence-corrected chi connectivity index (χ4v) is 4.69. The Kier molecular flexibility index (Phi) is 5.51. The zero-order valence-electron chi connectivity index (χ0n) is 11.9. The molecule has 1 aliphatic heterocycles. The number of thiophene rings is 1. The fraction of sp³-hybridized carbons (Fsp3) is 0.500. The van der Waals surface area contributed by atoms with Crippen LogP contribution < -0.4 is 10.6 Å². The summed E-state index contributed by atoms with van der Waals surface area (Å²) in [6, 6.07) is 3.18. The number of ether oxygens (including phenoxy) is 1. The molecule has 2 amide bonds. The highest BCUT2D eigenvalue weighted by Crippen LogP contribution is 2.25. The van der Waals surface area contributed by atoms with Gasteiger partial charge < -0.3 is 15.4 Å². The van der Waals surface area contributed by atoms with Gasteiger partial charge in [-0.05, 0) is 17.9 Å². The molecule has 0 bridgehead atoms. The third kappa shape index (κ3) is 3.64. The minimum atomic E-state index is -3.67. The van der Waals surface area contributed by atoms with Crippen LogP contribution >= 0.6 is 11.3 Å². The molecule has 1 aromatic heterocycles. The van der Waals surface area contributed by atoms with Crippen molar-refractivity contribution in [1.29, 1.82) is 0 Å². The topological polar surface area (TPSA) is 105 Å². The highest BCUT2D eigenvalue weighted by molar-refractivity contribution is 7.91. The molecule has 2 rings (SSSR count). The van der Waals surface area contributed by atoms with Crippen molar-refractivity contribution in [2.24, 2.45) is 0 Å². The van der Waals surface area contributed by atoms with Crippen molar-refractivity contribution in [3.8, 4) is 0 Å². The van der Waals surface area contributed by atoms with Gasteiger partial charge in [-0.3, -0.25) is 9.59 Å². The lowest BCUT2D eigenvalue weighted by Crippen LogP contribution is -2.52. The Bertz CT molecular complexity index is 629. The lowest BCUT2D eigenvalue weighted by Gasteiger charge is -2.34. The molecule has 1 saturated heterocycles. The first kappa shape index (κ1) is 16.9. The van der Waals surface area contributed by atoms with Crippen LogP contribution in [0.4, 0.5) is 0 Å². The Morgan fingerprint density at radius 2 is 2.23 bits per heavy atom. The van der Waals surface area contributed by atoms with Crippen LogP contribution in [0.2, 0.25) is 0 Å². The average molecular weight is 347 g/mol. The predicted molar refractivity (Wildman–Crippen MR) is 79.6 cm³/mol. The largest absolute Gasteiger partial charge is 0.360 e. The van der Waals surface area contributed by atoms with E-state index in [1.54, 1.807) is 11.4 Å². The van der Waals surface area contributed by atoms with E-state index in [9.17, 15) is 18.0 Å². The first-order valence-electron chi connectivity index (χ1n) is 6.63. The Morgan fingerprint density at radius 3 is 2.86 bits per heavy atom. The molecule has 10 heteroatoms. The maximum absolute atomic E-state index is 12.6. The van der Waals surface area contributed by atoms with Crippen LogP contribution in [0.25, 0.3) is 0 Å². The fourth-order valence-electron chi connectivity index (χ4n) is 2.00. The molecular formula is C12H17N3O5S2. The number of hydrogen-bond donors (Lipinski definition) is 2. The number of carbonyl (C=O) groups is 2. The average Bonchev–Trinajstić information content (AvgIpc) is 3.07. The molecule has 1 aromatic rings. The predicted octanol–water partition coefficient (Wildman–Crippen LogP) is -0.653. The van der Waals surface area contributed by atoms with Gasteiger partial charge in [0.25, 0.3) is 10.0 Å². The summed E-state index contributed by atoms with van der Waals surface area (Å²) >= 11 is 1.12. The van der Waals surface area contributed by atoms with Crippen LogP contribution in [0.1, 0.15) is 6.42 Å². The van der Waals surface area contributed by atoms with Crippen molar-refractivity contribution in [1.82, 2.24) is 14.9 Å². The Hall–Kier alpha value is -1.49. The van der Waals surface area contributed by atoms with Crippen LogP contribution in [0, 0.1) is 0 Å². The molecule has 0 aromatic carbocycles. The number of nitrogens with one attached hydrogen (secondary N) is 2. The number of carbonyl (C=O) groups excluding carboxylic acids is 2. The van der Waals surface area contributed by atoms with Crippen LogP contribution in [-0.2, 0) is 24.3 Å². The summed E-state index contributed by atoms with van der Waals surface area (Å²) in [6.07, 6.45) is -0.251. The van der Waals surface area contributed by atoms with Gasteiger partial charge in [0.15, 0.2) is 0 Å². The summed E-state index contributed by atoms with van der Waals surface area (Å²) in [5.41, 5.74) is 0. The second-order valence-corrected chi connectivity index (χ2v) is 7.58. The third-order valence-electron chi connectivity index (χ3n) is 3.08. The van der Waals surface area contributed by atoms with Crippen molar-refractivity contribution in [3.63, 3.8) is 0 Å². The van der Waals surface area contributed by atoms with E-state index in [4.69, 9.17) is 4.74 Å². The first-order valence-corrected chi connectivity index (χ1v) is 8.95. The van der Waals surface area contributed by atoms with Gasteiger partial charge in [0.05, 0.1) is 13.2 Å². The minimum absolute atomic E-state index is 0.0864. The highest BCUT2D eigenvalue weighted by atomic mass is 32.2. The van der Waals surface area contributed by atoms with E-state index in [0.29, 0.717) is 19.6 Å². The second-order valence-electron chi connectivity index (χ2n) is 4.52. The number of amides is 2. The normalized spacial score (nSPS) is 19.6. The molecule has 122 valence electrons. The van der Waals surface area contributed by atoms with E-state index in [2.05, 4.69) is 10.6 Å². The highest BCUT2D eigenvalue weighted by Gasteiger charge is 2.35. The van der Waals surface area contributed by atoms with E-state index >= 15 is 0 Å². The molecule has 0 saturated carbocycles. The van der Waals surface area contributed by atoms with Gasteiger partial charge in [-0.15, -0.1) is 11.3 Å². The van der Waals surface area contributed by atoms with Crippen LogP contribution in [0.5, 0.6) is 0 Å². The van der Waals surface area contributed by atoms with Gasteiger partial charge in [-0.1, -0.05) is 6.07 Å². The zero-order chi connectivity index (χ0) is 16.2. The lowest BCUT2D eigenvalue weighted by atomic mass is 10.3. The Balaban J connectivity index is 2.09. The number of rotatable bonds is 4. The molecule has 22 heavy (non-hydrogen) atoms. The van der Waals surface area contributed by atoms with E-state index in [-0.39, 0.29) is 10.8 Å². The van der Waals surface area contributed by atoms with Crippen LogP contribution in [-0.4, -0.2) is 57.5 Å². The monoisotopic (exact) mass is 347 g/mol. The zero-order valence-corrected chi connectivity index (χ0v) is 13.6. The molecule has 0 aliphatic carbocycles. The SMILES string of the molecule is CNC(=O)C(=O)NC[C@@H]1OCCCN1S(=O)(=O)c1cccs1. The lowest BCUT2D eigenvalue weighted by molar-refractivity contribution is -0.139. The van der Waals surface area contributed by atoms with Crippen molar-refractivity contribution in [2.75, 3.05) is 26.7 Å². The third-order valence-corrected chi connectivity index (χ3v) is 6.34. The summed E-state index contributed by atoms with van der Waals surface area (Å²) in [5, 5.41) is 6.25. The van der Waals surface area contributed by atoms with E-state index in [1.165, 1.54) is 17.4 Å². The van der Waals surface area contributed by atoms with Crippen molar-refractivity contribution >= 4 is 33.2 Å². The van der Waals surface area contributed by atoms with E-state index in [0.717, 1.165) is 11.3 Å². The van der Waals surface area contributed by atoms with Gasteiger partial charge in [0.2, 0.25) is 0 Å². The number of likely N-dealkylation sites (N-methyl/N-ethyl adjacent to an activating group) is 1. The molecular weight excluding hydrogens is 330 g/mol. The molecule has 2 heterocycles. The van der Waals surface area contributed by atoms with Gasteiger partial charge in [-0.2, -0.15) is 4.31 Å². The summed E-state index contributed by atoms with van der Waals surface area (Å²) < 4.78 is 32.0. The first-order chi connectivity index (χ1) is 10.5. The molecule has 0 unspecified atom stereocenters. The summed E-state index contributed by atoms with van der Waals surface area (Å²) in [5.74, 6) is -1.62.